The first kappa shape index (κ1) is 23.2. The molecule has 10 nitrogen and oxygen atoms in total. The predicted molar refractivity (Wildman–Crippen MR) is 142 cm³/mol. The molecule has 10 heteroatoms. The lowest BCUT2D eigenvalue weighted by molar-refractivity contribution is 0.262. The lowest BCUT2D eigenvalue weighted by atomic mass is 10.1. The van der Waals surface area contributed by atoms with Gasteiger partial charge in [0, 0.05) is 50.7 Å². The highest BCUT2D eigenvalue weighted by atomic mass is 16.4. The van der Waals surface area contributed by atoms with Crippen molar-refractivity contribution < 1.29 is 9.62 Å². The number of anilines is 2. The van der Waals surface area contributed by atoms with Gasteiger partial charge in [0.05, 0.1) is 29.3 Å². The molecule has 0 unspecified atom stereocenters. The fourth-order valence-electron chi connectivity index (χ4n) is 5.27. The van der Waals surface area contributed by atoms with E-state index in [1.807, 2.05) is 18.5 Å². The number of nitrogens with one attached hydrogen (secondary N) is 2. The summed E-state index contributed by atoms with van der Waals surface area (Å²) in [6, 6.07) is 14.2. The van der Waals surface area contributed by atoms with E-state index in [0.29, 0.717) is 35.2 Å². The van der Waals surface area contributed by atoms with Gasteiger partial charge in [-0.25, -0.2) is 14.8 Å². The summed E-state index contributed by atoms with van der Waals surface area (Å²) in [6.07, 6.45) is 6.40. The molecule has 0 amide bonds. The predicted octanol–water partition coefficient (Wildman–Crippen LogP) is 2.88. The summed E-state index contributed by atoms with van der Waals surface area (Å²) < 4.78 is 5.13. The van der Waals surface area contributed by atoms with Gasteiger partial charge in [-0.2, -0.15) is 0 Å². The summed E-state index contributed by atoms with van der Waals surface area (Å²) in [5.74, 6) is 0.178. The molecule has 2 aromatic carbocycles. The first-order chi connectivity index (χ1) is 18.1. The molecule has 3 N–H and O–H groups in total. The van der Waals surface area contributed by atoms with E-state index in [-0.39, 0.29) is 0 Å². The van der Waals surface area contributed by atoms with Crippen molar-refractivity contribution in [2.45, 2.75) is 25.3 Å². The molecule has 0 bridgehead atoms. The van der Waals surface area contributed by atoms with Crippen LogP contribution in [0.5, 0.6) is 0 Å². The number of benzene rings is 2. The van der Waals surface area contributed by atoms with E-state index in [1.54, 1.807) is 12.1 Å². The Kier molecular flexibility index (Phi) is 6.32. The second kappa shape index (κ2) is 10.1. The topological polar surface area (TPSA) is 123 Å². The van der Waals surface area contributed by atoms with Gasteiger partial charge in [0.2, 0.25) is 5.95 Å². The number of aromatic nitrogens is 3. The standard InChI is InChI=1S/C27H29N7O3/c35-27-31-24-6-5-20(15-25(24)37-27)23(32-36)7-8-33-9-11-34(12-10-33)22-16-28-26(29-17-22)30-21-13-18-3-1-2-4-19(18)14-21/h1-6,15-17,21,36H,7-14H2,(H,31,35)(H,28,29,30)/b32-23+. The first-order valence-corrected chi connectivity index (χ1v) is 12.6. The summed E-state index contributed by atoms with van der Waals surface area (Å²) in [6.45, 7) is 4.31. The average Bonchev–Trinajstić information content (AvgIpc) is 3.51. The van der Waals surface area contributed by atoms with Crippen LogP contribution in [0, 0.1) is 0 Å². The van der Waals surface area contributed by atoms with Crippen molar-refractivity contribution in [3.05, 3.63) is 82.1 Å². The van der Waals surface area contributed by atoms with E-state index in [4.69, 9.17) is 4.42 Å². The number of H-pyrrole nitrogens is 1. The maximum atomic E-state index is 11.4. The Bertz CT molecular complexity index is 1440. The Morgan fingerprint density at radius 2 is 1.81 bits per heavy atom. The summed E-state index contributed by atoms with van der Waals surface area (Å²) >= 11 is 0. The summed E-state index contributed by atoms with van der Waals surface area (Å²) in [5.41, 5.74) is 6.22. The van der Waals surface area contributed by atoms with Crippen LogP contribution in [-0.2, 0) is 12.8 Å². The number of nitrogens with zero attached hydrogens (tertiary/aromatic N) is 5. The number of oxazole rings is 1. The second-order valence-corrected chi connectivity index (χ2v) is 9.63. The van der Waals surface area contributed by atoms with Crippen LogP contribution in [0.3, 0.4) is 0 Å². The zero-order chi connectivity index (χ0) is 25.2. The van der Waals surface area contributed by atoms with Crippen LogP contribution >= 0.6 is 0 Å². The number of oxime groups is 1. The van der Waals surface area contributed by atoms with E-state index in [2.05, 4.69) is 59.5 Å². The molecule has 1 aliphatic heterocycles. The Morgan fingerprint density at radius 1 is 1.08 bits per heavy atom. The first-order valence-electron chi connectivity index (χ1n) is 12.6. The summed E-state index contributed by atoms with van der Waals surface area (Å²) in [7, 11) is 0. The Morgan fingerprint density at radius 3 is 2.51 bits per heavy atom. The number of hydrogen-bond donors (Lipinski definition) is 3. The normalized spacial score (nSPS) is 16.9. The van der Waals surface area contributed by atoms with Crippen molar-refractivity contribution in [1.29, 1.82) is 0 Å². The van der Waals surface area contributed by atoms with Gasteiger partial charge in [-0.3, -0.25) is 9.88 Å². The SMILES string of the molecule is O=c1[nH]c2ccc(/C(CCN3CCN(c4cnc(NC5Cc6ccccc6C5)nc4)CC3)=N/O)cc2o1. The molecule has 2 aromatic heterocycles. The minimum Gasteiger partial charge on any atom is -0.411 e. The van der Waals surface area contributed by atoms with Gasteiger partial charge in [0.1, 0.15) is 0 Å². The second-order valence-electron chi connectivity index (χ2n) is 9.63. The third-order valence-electron chi connectivity index (χ3n) is 7.30. The molecular weight excluding hydrogens is 470 g/mol. The number of hydrogen-bond acceptors (Lipinski definition) is 9. The van der Waals surface area contributed by atoms with Gasteiger partial charge < -0.3 is 19.8 Å². The maximum absolute atomic E-state index is 11.4. The van der Waals surface area contributed by atoms with Crippen molar-refractivity contribution in [3.63, 3.8) is 0 Å². The molecule has 0 radical (unpaired) electrons. The molecule has 3 heterocycles. The molecular formula is C27H29N7O3. The highest BCUT2D eigenvalue weighted by Gasteiger charge is 2.22. The third-order valence-corrected chi connectivity index (χ3v) is 7.30. The van der Waals surface area contributed by atoms with Crippen molar-refractivity contribution >= 4 is 28.4 Å². The van der Waals surface area contributed by atoms with E-state index in [1.165, 1.54) is 11.1 Å². The molecule has 1 aliphatic carbocycles. The van der Waals surface area contributed by atoms with Crippen LogP contribution in [0.4, 0.5) is 11.6 Å². The van der Waals surface area contributed by atoms with Gasteiger partial charge in [-0.1, -0.05) is 35.5 Å². The Balaban J connectivity index is 0.990. The molecule has 0 saturated carbocycles. The molecule has 4 aromatic rings. The van der Waals surface area contributed by atoms with Crippen LogP contribution < -0.4 is 16.0 Å². The molecule has 1 fully saturated rings. The van der Waals surface area contributed by atoms with E-state index in [0.717, 1.165) is 56.8 Å². The molecule has 6 rings (SSSR count). The number of rotatable bonds is 7. The van der Waals surface area contributed by atoms with Gasteiger partial charge in [0.15, 0.2) is 5.58 Å². The molecule has 0 atom stereocenters. The van der Waals surface area contributed by atoms with E-state index >= 15 is 0 Å². The van der Waals surface area contributed by atoms with Crippen LogP contribution in [0.2, 0.25) is 0 Å². The lowest BCUT2D eigenvalue weighted by Gasteiger charge is -2.35. The van der Waals surface area contributed by atoms with Crippen molar-refractivity contribution in [1.82, 2.24) is 19.9 Å². The zero-order valence-corrected chi connectivity index (χ0v) is 20.4. The number of aromatic amines is 1. The lowest BCUT2D eigenvalue weighted by Crippen LogP contribution is -2.47. The van der Waals surface area contributed by atoms with Gasteiger partial charge in [-0.05, 0) is 36.1 Å². The van der Waals surface area contributed by atoms with Gasteiger partial charge in [-0.15, -0.1) is 0 Å². The molecule has 1 saturated heterocycles. The fourth-order valence-corrected chi connectivity index (χ4v) is 5.27. The van der Waals surface area contributed by atoms with Crippen molar-refractivity contribution in [3.8, 4) is 0 Å². The maximum Gasteiger partial charge on any atom is 0.417 e. The van der Waals surface area contributed by atoms with E-state index in [9.17, 15) is 10.0 Å². The van der Waals surface area contributed by atoms with Gasteiger partial charge in [0.25, 0.3) is 0 Å². The largest absolute Gasteiger partial charge is 0.417 e. The van der Waals surface area contributed by atoms with Crippen molar-refractivity contribution in [2.24, 2.45) is 5.16 Å². The molecule has 190 valence electrons. The number of fused-ring (bicyclic) bond motifs is 2. The minimum atomic E-state index is -0.497. The molecule has 37 heavy (non-hydrogen) atoms. The van der Waals surface area contributed by atoms with Gasteiger partial charge >= 0.3 is 5.76 Å². The third kappa shape index (κ3) is 5.05. The van der Waals surface area contributed by atoms with E-state index < -0.39 is 5.76 Å². The van der Waals surface area contributed by atoms with Crippen LogP contribution in [0.1, 0.15) is 23.1 Å². The van der Waals surface area contributed by atoms with Crippen LogP contribution in [0.15, 0.2) is 69.2 Å². The fraction of sp³-hybridized carbons (Fsp3) is 0.333. The summed E-state index contributed by atoms with van der Waals surface area (Å²) in [5, 5.41) is 16.6. The monoisotopic (exact) mass is 499 g/mol. The van der Waals surface area contributed by atoms with Crippen molar-refractivity contribution in [2.75, 3.05) is 42.9 Å². The quantitative estimate of drug-likeness (QED) is 0.202. The Labute approximate surface area is 213 Å². The average molecular weight is 500 g/mol. The van der Waals surface area contributed by atoms with Crippen LogP contribution in [0.25, 0.3) is 11.1 Å². The molecule has 2 aliphatic rings. The highest BCUT2D eigenvalue weighted by molar-refractivity contribution is 6.02. The minimum absolute atomic E-state index is 0.336. The summed E-state index contributed by atoms with van der Waals surface area (Å²) in [4.78, 5) is 27.8. The Hall–Kier alpha value is -4.18. The molecule has 0 spiro atoms. The van der Waals surface area contributed by atoms with Crippen LogP contribution in [-0.4, -0.2) is 69.5 Å². The zero-order valence-electron chi connectivity index (χ0n) is 20.4. The highest BCUT2D eigenvalue weighted by Crippen LogP contribution is 2.24. The number of piperazine rings is 1. The smallest absolute Gasteiger partial charge is 0.411 e.